The number of hydrogen-bond donors (Lipinski definition) is 1. The Morgan fingerprint density at radius 2 is 1.85 bits per heavy atom. The highest BCUT2D eigenvalue weighted by Crippen LogP contribution is 2.43. The second-order valence-corrected chi connectivity index (χ2v) is 11.2. The molecule has 3 aromatic carbocycles. The summed E-state index contributed by atoms with van der Waals surface area (Å²) in [6.07, 6.45) is 1.40. The van der Waals surface area contributed by atoms with Crippen molar-refractivity contribution in [3.05, 3.63) is 94.2 Å². The summed E-state index contributed by atoms with van der Waals surface area (Å²) < 4.78 is 42.5. The Balaban J connectivity index is 1.47. The number of imidazole rings is 1. The van der Waals surface area contributed by atoms with Gasteiger partial charge in [0.25, 0.3) is 5.91 Å². The molecule has 0 spiro atoms. The molecule has 1 amide bonds. The lowest BCUT2D eigenvalue weighted by Crippen LogP contribution is -2.44. The maximum Gasteiger partial charge on any atom is 0.274 e. The lowest BCUT2D eigenvalue weighted by atomic mass is 9.97. The van der Waals surface area contributed by atoms with E-state index < -0.39 is 23.0 Å². The number of halogens is 4. The molecule has 1 aliphatic heterocycles. The molecule has 3 heterocycles. The molecule has 1 unspecified atom stereocenters. The predicted octanol–water partition coefficient (Wildman–Crippen LogP) is 7.88. The lowest BCUT2D eigenvalue weighted by molar-refractivity contribution is 0.0601. The van der Waals surface area contributed by atoms with Gasteiger partial charge in [-0.2, -0.15) is 0 Å². The number of thiazole rings is 1. The summed E-state index contributed by atoms with van der Waals surface area (Å²) in [7, 11) is 0. The standard InChI is InChI=1S/C29H22ClF3N4OS/c1-15-19(30)11-12-21-23(15)36-28(34-21)29(2)13-4-14-37(29)27(38)24-25(16-7-9-17(31)10-8-16)39-26(35-24)18-5-3-6-20(32)22(18)33/h3,5-12H,4,13-14H2,1-2H3,(H,34,36). The Morgan fingerprint density at radius 3 is 2.62 bits per heavy atom. The third-order valence-corrected chi connectivity index (χ3v) is 8.90. The van der Waals surface area contributed by atoms with Gasteiger partial charge in [-0.1, -0.05) is 29.8 Å². The summed E-state index contributed by atoms with van der Waals surface area (Å²) in [4.78, 5) is 29.1. The summed E-state index contributed by atoms with van der Waals surface area (Å²) in [5.41, 5.74) is 2.22. The van der Waals surface area contributed by atoms with Crippen LogP contribution in [0, 0.1) is 24.4 Å². The van der Waals surface area contributed by atoms with Crippen molar-refractivity contribution in [3.8, 4) is 21.0 Å². The quantitative estimate of drug-likeness (QED) is 0.241. The molecule has 39 heavy (non-hydrogen) atoms. The molecule has 5 aromatic rings. The summed E-state index contributed by atoms with van der Waals surface area (Å²) >= 11 is 7.37. The maximum absolute atomic E-state index is 14.7. The first-order valence-corrected chi connectivity index (χ1v) is 13.6. The molecule has 2 aromatic heterocycles. The fraction of sp³-hybridized carbons (Fsp3) is 0.207. The number of aromatic nitrogens is 3. The Bertz CT molecular complexity index is 1750. The smallest absolute Gasteiger partial charge is 0.274 e. The minimum atomic E-state index is -1.04. The summed E-state index contributed by atoms with van der Waals surface area (Å²) in [5, 5.41) is 0.762. The number of nitrogens with zero attached hydrogens (tertiary/aromatic N) is 3. The van der Waals surface area contributed by atoms with Crippen LogP contribution in [0.25, 0.3) is 32.0 Å². The van der Waals surface area contributed by atoms with Crippen LogP contribution in [0.5, 0.6) is 0 Å². The van der Waals surface area contributed by atoms with Crippen LogP contribution in [0.2, 0.25) is 5.02 Å². The van der Waals surface area contributed by atoms with Gasteiger partial charge in [-0.3, -0.25) is 4.79 Å². The number of hydrogen-bond acceptors (Lipinski definition) is 4. The molecule has 0 radical (unpaired) electrons. The van der Waals surface area contributed by atoms with Crippen molar-refractivity contribution in [1.82, 2.24) is 19.9 Å². The van der Waals surface area contributed by atoms with Gasteiger partial charge in [0, 0.05) is 17.1 Å². The third-order valence-electron chi connectivity index (χ3n) is 7.36. The van der Waals surface area contributed by atoms with Crippen LogP contribution in [0.4, 0.5) is 13.2 Å². The van der Waals surface area contributed by atoms with Gasteiger partial charge in [0.2, 0.25) is 0 Å². The number of rotatable bonds is 4. The number of amides is 1. The number of H-pyrrole nitrogens is 1. The second kappa shape index (κ2) is 9.50. The van der Waals surface area contributed by atoms with Crippen LogP contribution in [0.3, 0.4) is 0 Å². The fourth-order valence-corrected chi connectivity index (χ4v) is 6.39. The lowest BCUT2D eigenvalue weighted by Gasteiger charge is -2.33. The molecule has 1 atom stereocenters. The van der Waals surface area contributed by atoms with Crippen molar-refractivity contribution in [1.29, 1.82) is 0 Å². The third kappa shape index (κ3) is 4.20. The second-order valence-electron chi connectivity index (χ2n) is 9.79. The maximum atomic E-state index is 14.7. The van der Waals surface area contributed by atoms with E-state index in [1.807, 2.05) is 19.9 Å². The van der Waals surface area contributed by atoms with Crippen molar-refractivity contribution >= 4 is 39.9 Å². The van der Waals surface area contributed by atoms with Crippen molar-refractivity contribution in [2.45, 2.75) is 32.2 Å². The number of carbonyl (C=O) groups is 1. The van der Waals surface area contributed by atoms with Gasteiger partial charge < -0.3 is 9.88 Å². The zero-order valence-electron chi connectivity index (χ0n) is 21.0. The molecular weight excluding hydrogens is 545 g/mol. The highest BCUT2D eigenvalue weighted by molar-refractivity contribution is 7.18. The zero-order chi connectivity index (χ0) is 27.5. The Labute approximate surface area is 231 Å². The van der Waals surface area contributed by atoms with E-state index in [0.717, 1.165) is 40.4 Å². The molecule has 198 valence electrons. The van der Waals surface area contributed by atoms with Gasteiger partial charge in [0.15, 0.2) is 11.6 Å². The topological polar surface area (TPSA) is 61.9 Å². The van der Waals surface area contributed by atoms with Crippen LogP contribution in [0.1, 0.15) is 41.6 Å². The fourth-order valence-electron chi connectivity index (χ4n) is 5.15. The van der Waals surface area contributed by atoms with Crippen LogP contribution in [-0.2, 0) is 5.54 Å². The molecule has 10 heteroatoms. The van der Waals surface area contributed by atoms with E-state index in [9.17, 15) is 18.0 Å². The molecule has 0 aliphatic carbocycles. The molecular formula is C29H22ClF3N4OS. The molecule has 5 nitrogen and oxygen atoms in total. The number of benzene rings is 3. The number of aryl methyl sites for hydroxylation is 1. The van der Waals surface area contributed by atoms with Gasteiger partial charge in [0.1, 0.15) is 22.3 Å². The van der Waals surface area contributed by atoms with Gasteiger partial charge in [-0.25, -0.2) is 23.1 Å². The van der Waals surface area contributed by atoms with Crippen LogP contribution in [0.15, 0.2) is 54.6 Å². The number of likely N-dealkylation sites (tertiary alicyclic amines) is 1. The Hall–Kier alpha value is -3.69. The Kier molecular flexibility index (Phi) is 6.23. The summed E-state index contributed by atoms with van der Waals surface area (Å²) in [5.74, 6) is -2.23. The van der Waals surface area contributed by atoms with E-state index in [1.165, 1.54) is 24.3 Å². The molecule has 0 bridgehead atoms. The predicted molar refractivity (Wildman–Crippen MR) is 146 cm³/mol. The van der Waals surface area contributed by atoms with Gasteiger partial charge in [-0.05, 0) is 74.2 Å². The van der Waals surface area contributed by atoms with Crippen molar-refractivity contribution in [2.75, 3.05) is 6.54 Å². The zero-order valence-corrected chi connectivity index (χ0v) is 22.6. The molecule has 1 aliphatic rings. The van der Waals surface area contributed by atoms with E-state index in [4.69, 9.17) is 16.6 Å². The van der Waals surface area contributed by atoms with Crippen LogP contribution in [-0.4, -0.2) is 32.3 Å². The first kappa shape index (κ1) is 25.6. The average molecular weight is 567 g/mol. The molecule has 6 rings (SSSR count). The molecule has 1 saturated heterocycles. The van der Waals surface area contributed by atoms with Crippen molar-refractivity contribution in [2.24, 2.45) is 0 Å². The van der Waals surface area contributed by atoms with E-state index in [0.29, 0.717) is 34.3 Å². The normalized spacial score (nSPS) is 17.3. The Morgan fingerprint density at radius 1 is 1.08 bits per heavy atom. The molecule has 1 fully saturated rings. The number of carbonyl (C=O) groups excluding carboxylic acids is 1. The minimum absolute atomic E-state index is 0.0452. The summed E-state index contributed by atoms with van der Waals surface area (Å²) in [6.45, 7) is 4.30. The van der Waals surface area contributed by atoms with E-state index in [2.05, 4.69) is 9.97 Å². The highest BCUT2D eigenvalue weighted by Gasteiger charge is 2.45. The first-order chi connectivity index (χ1) is 18.7. The first-order valence-electron chi connectivity index (χ1n) is 12.4. The number of fused-ring (bicyclic) bond motifs is 1. The minimum Gasteiger partial charge on any atom is -0.340 e. The molecule has 0 saturated carbocycles. The largest absolute Gasteiger partial charge is 0.340 e. The van der Waals surface area contributed by atoms with E-state index >= 15 is 0 Å². The number of nitrogens with one attached hydrogen (secondary N) is 1. The van der Waals surface area contributed by atoms with Gasteiger partial charge >= 0.3 is 0 Å². The summed E-state index contributed by atoms with van der Waals surface area (Å²) in [6, 6.07) is 13.2. The monoisotopic (exact) mass is 566 g/mol. The van der Waals surface area contributed by atoms with Crippen molar-refractivity contribution < 1.29 is 18.0 Å². The van der Waals surface area contributed by atoms with Crippen LogP contribution < -0.4 is 0 Å². The van der Waals surface area contributed by atoms with Gasteiger partial charge in [0.05, 0.1) is 21.4 Å². The van der Waals surface area contributed by atoms with Crippen LogP contribution >= 0.6 is 22.9 Å². The molecule has 1 N–H and O–H groups in total. The SMILES string of the molecule is Cc1c(Cl)ccc2[nH]c(C3(C)CCCN3C(=O)c3nc(-c4cccc(F)c4F)sc3-c3ccc(F)cc3)nc12. The highest BCUT2D eigenvalue weighted by atomic mass is 35.5. The number of aromatic amines is 1. The average Bonchev–Trinajstić information content (AvgIpc) is 3.66. The van der Waals surface area contributed by atoms with E-state index in [1.54, 1.807) is 23.1 Å². The van der Waals surface area contributed by atoms with Gasteiger partial charge in [-0.15, -0.1) is 11.3 Å². The van der Waals surface area contributed by atoms with Crippen molar-refractivity contribution in [3.63, 3.8) is 0 Å². The van der Waals surface area contributed by atoms with E-state index in [-0.39, 0.29) is 22.2 Å².